The lowest BCUT2D eigenvalue weighted by atomic mass is 10.1. The molecule has 144 valence electrons. The molecule has 0 spiro atoms. The van der Waals surface area contributed by atoms with Crippen molar-refractivity contribution < 1.29 is 4.79 Å². The third kappa shape index (κ3) is 4.44. The van der Waals surface area contributed by atoms with Crippen LogP contribution in [0.25, 0.3) is 11.4 Å². The van der Waals surface area contributed by atoms with E-state index in [4.69, 9.17) is 0 Å². The Kier molecular flexibility index (Phi) is 5.75. The van der Waals surface area contributed by atoms with Crippen LogP contribution >= 0.6 is 0 Å². The Labute approximate surface area is 165 Å². The number of carbonyl (C=O) groups is 1. The van der Waals surface area contributed by atoms with Crippen LogP contribution in [0.5, 0.6) is 0 Å². The summed E-state index contributed by atoms with van der Waals surface area (Å²) in [6.45, 7) is 0.814. The second-order valence-corrected chi connectivity index (χ2v) is 7.26. The van der Waals surface area contributed by atoms with E-state index in [-0.39, 0.29) is 11.9 Å². The molecule has 28 heavy (non-hydrogen) atoms. The van der Waals surface area contributed by atoms with E-state index in [1.807, 2.05) is 30.3 Å². The van der Waals surface area contributed by atoms with Gasteiger partial charge in [0.25, 0.3) is 0 Å². The minimum Gasteiger partial charge on any atom is -0.353 e. The summed E-state index contributed by atoms with van der Waals surface area (Å²) in [5.41, 5.74) is 2.31. The standard InChI is InChI=1S/C22H25N5O/c28-21(8-4-7-17-5-2-1-3-6-17)24-19-9-10-20-25-26-22(27(20)16-13-19)18-11-14-23-15-12-18/h1-3,5-6,11-12,14-15,19H,4,7-10,13,16H2,(H,24,28). The number of pyridine rings is 1. The van der Waals surface area contributed by atoms with E-state index in [1.165, 1.54) is 5.56 Å². The third-order valence-corrected chi connectivity index (χ3v) is 5.26. The molecule has 0 aliphatic carbocycles. The molecule has 0 fully saturated rings. The van der Waals surface area contributed by atoms with Gasteiger partial charge in [-0.3, -0.25) is 9.78 Å². The number of fused-ring (bicyclic) bond motifs is 1. The van der Waals surface area contributed by atoms with Gasteiger partial charge in [-0.1, -0.05) is 30.3 Å². The predicted octanol–water partition coefficient (Wildman–Crippen LogP) is 3.18. The zero-order chi connectivity index (χ0) is 19.2. The third-order valence-electron chi connectivity index (χ3n) is 5.26. The molecule has 1 unspecified atom stereocenters. The van der Waals surface area contributed by atoms with Crippen molar-refractivity contribution in [2.45, 2.75) is 51.1 Å². The lowest BCUT2D eigenvalue weighted by Gasteiger charge is -2.16. The van der Waals surface area contributed by atoms with E-state index in [1.54, 1.807) is 12.4 Å². The van der Waals surface area contributed by atoms with E-state index in [0.717, 1.165) is 55.9 Å². The second kappa shape index (κ2) is 8.78. The molecule has 0 radical (unpaired) electrons. The number of nitrogens with zero attached hydrogens (tertiary/aromatic N) is 4. The molecule has 1 aliphatic rings. The van der Waals surface area contributed by atoms with Crippen LogP contribution in [0.1, 0.15) is 37.1 Å². The molecule has 0 saturated carbocycles. The van der Waals surface area contributed by atoms with Gasteiger partial charge in [-0.25, -0.2) is 0 Å². The summed E-state index contributed by atoms with van der Waals surface area (Å²) in [6.07, 6.45) is 8.55. The maximum absolute atomic E-state index is 12.4. The average Bonchev–Trinajstić information content (AvgIpc) is 3.04. The molecule has 1 N–H and O–H groups in total. The minimum absolute atomic E-state index is 0.146. The number of carbonyl (C=O) groups excluding carboxylic acids is 1. The second-order valence-electron chi connectivity index (χ2n) is 7.26. The molecule has 0 saturated heterocycles. The Morgan fingerprint density at radius 1 is 1.07 bits per heavy atom. The highest BCUT2D eigenvalue weighted by Crippen LogP contribution is 2.22. The first kappa shape index (κ1) is 18.3. The highest BCUT2D eigenvalue weighted by atomic mass is 16.1. The molecular formula is C22H25N5O. The van der Waals surface area contributed by atoms with Gasteiger partial charge in [0.05, 0.1) is 0 Å². The Balaban J connectivity index is 1.29. The number of hydrogen-bond donors (Lipinski definition) is 1. The summed E-state index contributed by atoms with van der Waals surface area (Å²) in [4.78, 5) is 16.4. The van der Waals surface area contributed by atoms with Crippen LogP contribution in [0.4, 0.5) is 0 Å². The number of aromatic nitrogens is 4. The first-order valence-corrected chi connectivity index (χ1v) is 9.95. The van der Waals surface area contributed by atoms with Crippen molar-refractivity contribution in [1.29, 1.82) is 0 Å². The molecule has 3 aromatic rings. The van der Waals surface area contributed by atoms with Crippen LogP contribution in [-0.4, -0.2) is 31.7 Å². The van der Waals surface area contributed by atoms with Crippen molar-refractivity contribution in [2.75, 3.05) is 0 Å². The van der Waals surface area contributed by atoms with E-state index in [2.05, 4.69) is 37.2 Å². The first-order valence-electron chi connectivity index (χ1n) is 9.95. The quantitative estimate of drug-likeness (QED) is 0.718. The topological polar surface area (TPSA) is 72.7 Å². The number of rotatable bonds is 6. The largest absolute Gasteiger partial charge is 0.353 e. The summed E-state index contributed by atoms with van der Waals surface area (Å²) in [7, 11) is 0. The van der Waals surface area contributed by atoms with Gasteiger partial charge in [0.1, 0.15) is 5.82 Å². The van der Waals surface area contributed by atoms with Crippen molar-refractivity contribution in [2.24, 2.45) is 0 Å². The number of nitrogens with one attached hydrogen (secondary N) is 1. The van der Waals surface area contributed by atoms with E-state index in [0.29, 0.717) is 6.42 Å². The van der Waals surface area contributed by atoms with Crippen LogP contribution in [0.3, 0.4) is 0 Å². The summed E-state index contributed by atoms with van der Waals surface area (Å²) < 4.78 is 2.18. The van der Waals surface area contributed by atoms with Crippen molar-refractivity contribution >= 4 is 5.91 Å². The van der Waals surface area contributed by atoms with Gasteiger partial charge in [-0.15, -0.1) is 10.2 Å². The van der Waals surface area contributed by atoms with Gasteiger partial charge in [0, 0.05) is 43.4 Å². The van der Waals surface area contributed by atoms with Crippen molar-refractivity contribution in [1.82, 2.24) is 25.1 Å². The number of aryl methyl sites for hydroxylation is 2. The SMILES string of the molecule is O=C(CCCc1ccccc1)NC1CCc2nnc(-c3ccncc3)n2CC1. The molecule has 6 nitrogen and oxygen atoms in total. The normalized spacial score (nSPS) is 16.2. The number of amides is 1. The summed E-state index contributed by atoms with van der Waals surface area (Å²) in [5, 5.41) is 12.0. The van der Waals surface area contributed by atoms with Crippen LogP contribution in [0.15, 0.2) is 54.9 Å². The van der Waals surface area contributed by atoms with Gasteiger partial charge in [-0.2, -0.15) is 0 Å². The van der Waals surface area contributed by atoms with Gasteiger partial charge >= 0.3 is 0 Å². The van der Waals surface area contributed by atoms with E-state index >= 15 is 0 Å². The predicted molar refractivity (Wildman–Crippen MR) is 108 cm³/mol. The maximum atomic E-state index is 12.4. The molecule has 1 amide bonds. The van der Waals surface area contributed by atoms with Gasteiger partial charge in [0.15, 0.2) is 5.82 Å². The molecule has 3 heterocycles. The molecule has 6 heteroatoms. The van der Waals surface area contributed by atoms with E-state index in [9.17, 15) is 4.79 Å². The highest BCUT2D eigenvalue weighted by Gasteiger charge is 2.22. The Morgan fingerprint density at radius 2 is 1.89 bits per heavy atom. The molecule has 1 aromatic carbocycles. The fourth-order valence-corrected chi connectivity index (χ4v) is 3.74. The average molecular weight is 375 g/mol. The smallest absolute Gasteiger partial charge is 0.220 e. The fourth-order valence-electron chi connectivity index (χ4n) is 3.74. The molecule has 1 aliphatic heterocycles. The van der Waals surface area contributed by atoms with Gasteiger partial charge in [0.2, 0.25) is 5.91 Å². The van der Waals surface area contributed by atoms with E-state index < -0.39 is 0 Å². The number of benzene rings is 1. The van der Waals surface area contributed by atoms with Crippen LogP contribution in [0.2, 0.25) is 0 Å². The Hall–Kier alpha value is -3.02. The summed E-state index contributed by atoms with van der Waals surface area (Å²) in [5.74, 6) is 2.02. The highest BCUT2D eigenvalue weighted by molar-refractivity contribution is 5.76. The lowest BCUT2D eigenvalue weighted by molar-refractivity contribution is -0.122. The van der Waals surface area contributed by atoms with Crippen molar-refractivity contribution in [3.05, 3.63) is 66.2 Å². The minimum atomic E-state index is 0.146. The summed E-state index contributed by atoms with van der Waals surface area (Å²) in [6, 6.07) is 14.4. The zero-order valence-corrected chi connectivity index (χ0v) is 15.9. The zero-order valence-electron chi connectivity index (χ0n) is 15.9. The first-order chi connectivity index (χ1) is 13.8. The van der Waals surface area contributed by atoms with Crippen LogP contribution < -0.4 is 5.32 Å². The molecular weight excluding hydrogens is 350 g/mol. The number of hydrogen-bond acceptors (Lipinski definition) is 4. The van der Waals surface area contributed by atoms with Gasteiger partial charge < -0.3 is 9.88 Å². The molecule has 1 atom stereocenters. The van der Waals surface area contributed by atoms with Crippen LogP contribution in [-0.2, 0) is 24.2 Å². The Bertz CT molecular complexity index is 907. The lowest BCUT2D eigenvalue weighted by Crippen LogP contribution is -2.35. The van der Waals surface area contributed by atoms with Gasteiger partial charge in [-0.05, 0) is 43.4 Å². The fraction of sp³-hybridized carbons (Fsp3) is 0.364. The monoisotopic (exact) mass is 375 g/mol. The summed E-state index contributed by atoms with van der Waals surface area (Å²) >= 11 is 0. The van der Waals surface area contributed by atoms with Crippen LogP contribution in [0, 0.1) is 0 Å². The molecule has 4 rings (SSSR count). The van der Waals surface area contributed by atoms with Crippen molar-refractivity contribution in [3.8, 4) is 11.4 Å². The molecule has 0 bridgehead atoms. The van der Waals surface area contributed by atoms with Crippen molar-refractivity contribution in [3.63, 3.8) is 0 Å². The maximum Gasteiger partial charge on any atom is 0.220 e. The Morgan fingerprint density at radius 3 is 2.71 bits per heavy atom. The molecule has 2 aromatic heterocycles.